The maximum Gasteiger partial charge on any atom is 0.147 e. The predicted molar refractivity (Wildman–Crippen MR) is 72.0 cm³/mol. The molecule has 5 heteroatoms. The lowest BCUT2D eigenvalue weighted by Crippen LogP contribution is -2.38. The number of nitrogens with zero attached hydrogens (tertiary/aromatic N) is 1. The lowest BCUT2D eigenvalue weighted by atomic mass is 9.99. The molecule has 17 heavy (non-hydrogen) atoms. The van der Waals surface area contributed by atoms with E-state index < -0.39 is 9.84 Å². The number of sulfone groups is 1. The third-order valence-corrected chi connectivity index (χ3v) is 4.38. The van der Waals surface area contributed by atoms with E-state index in [1.165, 1.54) is 19.1 Å². The van der Waals surface area contributed by atoms with Gasteiger partial charge in [0.1, 0.15) is 9.84 Å². The van der Waals surface area contributed by atoms with Crippen molar-refractivity contribution in [2.45, 2.75) is 26.2 Å². The van der Waals surface area contributed by atoms with Crippen molar-refractivity contribution >= 4 is 9.84 Å². The molecular weight excluding hydrogens is 236 g/mol. The first-order valence-corrected chi connectivity index (χ1v) is 8.68. The van der Waals surface area contributed by atoms with E-state index in [0.717, 1.165) is 45.1 Å². The zero-order valence-electron chi connectivity index (χ0n) is 11.1. The second-order valence-electron chi connectivity index (χ2n) is 5.09. The van der Waals surface area contributed by atoms with Crippen LogP contribution in [0.1, 0.15) is 26.2 Å². The van der Waals surface area contributed by atoms with Crippen LogP contribution in [0, 0.1) is 5.92 Å². The quantitative estimate of drug-likeness (QED) is 0.735. The molecule has 0 bridgehead atoms. The summed E-state index contributed by atoms with van der Waals surface area (Å²) in [6.07, 6.45) is 4.64. The highest BCUT2D eigenvalue weighted by molar-refractivity contribution is 7.90. The molecule has 0 aromatic heterocycles. The van der Waals surface area contributed by atoms with Crippen LogP contribution in [-0.4, -0.2) is 58.1 Å². The molecule has 1 unspecified atom stereocenters. The fraction of sp³-hybridized carbons (Fsp3) is 1.00. The summed E-state index contributed by atoms with van der Waals surface area (Å²) in [7, 11) is -2.80. The maximum atomic E-state index is 11.1. The molecule has 0 spiro atoms. The van der Waals surface area contributed by atoms with Crippen molar-refractivity contribution in [3.8, 4) is 0 Å². The molecule has 1 N–H and O–H groups in total. The normalized spacial score (nSPS) is 21.9. The highest BCUT2D eigenvalue weighted by atomic mass is 32.2. The largest absolute Gasteiger partial charge is 0.316 e. The zero-order valence-corrected chi connectivity index (χ0v) is 11.9. The smallest absolute Gasteiger partial charge is 0.147 e. The molecule has 1 heterocycles. The predicted octanol–water partition coefficient (Wildman–Crippen LogP) is 0.743. The number of hydrogen-bond donors (Lipinski definition) is 1. The molecule has 0 amide bonds. The molecule has 0 aliphatic carbocycles. The van der Waals surface area contributed by atoms with Gasteiger partial charge in [0, 0.05) is 12.8 Å². The molecular formula is C12H26N2O2S. The van der Waals surface area contributed by atoms with Crippen molar-refractivity contribution in [3.05, 3.63) is 0 Å². The minimum Gasteiger partial charge on any atom is -0.316 e. The molecule has 0 radical (unpaired) electrons. The Morgan fingerprint density at radius 3 is 2.71 bits per heavy atom. The van der Waals surface area contributed by atoms with E-state index in [2.05, 4.69) is 17.1 Å². The van der Waals surface area contributed by atoms with Crippen molar-refractivity contribution in [2.75, 3.05) is 44.7 Å². The van der Waals surface area contributed by atoms with E-state index in [1.807, 2.05) is 0 Å². The van der Waals surface area contributed by atoms with E-state index >= 15 is 0 Å². The van der Waals surface area contributed by atoms with Gasteiger partial charge >= 0.3 is 0 Å². The lowest BCUT2D eigenvalue weighted by molar-refractivity contribution is 0.217. The van der Waals surface area contributed by atoms with Crippen molar-refractivity contribution in [1.29, 1.82) is 0 Å². The highest BCUT2D eigenvalue weighted by Crippen LogP contribution is 2.11. The molecule has 102 valence electrons. The summed E-state index contributed by atoms with van der Waals surface area (Å²) in [5.74, 6) is 1.05. The molecule has 0 aromatic rings. The van der Waals surface area contributed by atoms with Crippen LogP contribution in [0.25, 0.3) is 0 Å². The fourth-order valence-electron chi connectivity index (χ4n) is 2.37. The molecule has 0 aromatic carbocycles. The highest BCUT2D eigenvalue weighted by Gasteiger charge is 2.16. The third-order valence-electron chi connectivity index (χ3n) is 3.35. The van der Waals surface area contributed by atoms with E-state index in [0.29, 0.717) is 5.75 Å². The molecule has 1 rings (SSSR count). The van der Waals surface area contributed by atoms with Crippen molar-refractivity contribution in [3.63, 3.8) is 0 Å². The summed E-state index contributed by atoms with van der Waals surface area (Å²) in [5.41, 5.74) is 0. The molecule has 1 atom stereocenters. The Morgan fingerprint density at radius 2 is 2.18 bits per heavy atom. The van der Waals surface area contributed by atoms with Gasteiger partial charge in [0.2, 0.25) is 0 Å². The lowest BCUT2D eigenvalue weighted by Gasteiger charge is -2.29. The summed E-state index contributed by atoms with van der Waals surface area (Å²) >= 11 is 0. The van der Waals surface area contributed by atoms with Gasteiger partial charge in [-0.15, -0.1) is 0 Å². The van der Waals surface area contributed by atoms with Crippen LogP contribution >= 0.6 is 0 Å². The van der Waals surface area contributed by atoms with Gasteiger partial charge in [-0.05, 0) is 51.4 Å². The topological polar surface area (TPSA) is 49.4 Å². The first-order valence-electron chi connectivity index (χ1n) is 6.62. The maximum absolute atomic E-state index is 11.1. The van der Waals surface area contributed by atoms with Gasteiger partial charge in [-0.2, -0.15) is 0 Å². The molecule has 1 aliphatic rings. The van der Waals surface area contributed by atoms with Crippen LogP contribution in [0.15, 0.2) is 0 Å². The Kier molecular flexibility index (Phi) is 6.44. The first kappa shape index (κ1) is 14.9. The second-order valence-corrected chi connectivity index (χ2v) is 7.35. The molecule has 0 saturated carbocycles. The van der Waals surface area contributed by atoms with Crippen molar-refractivity contribution < 1.29 is 8.42 Å². The third kappa shape index (κ3) is 7.01. The zero-order chi connectivity index (χ0) is 12.7. The van der Waals surface area contributed by atoms with Gasteiger partial charge in [-0.1, -0.05) is 6.92 Å². The average Bonchev–Trinajstić information content (AvgIpc) is 2.27. The Labute approximate surface area is 106 Å². The van der Waals surface area contributed by atoms with Gasteiger partial charge in [0.25, 0.3) is 0 Å². The number of nitrogens with one attached hydrogen (secondary N) is 1. The SMILES string of the molecule is CCN(CCCS(C)(=O)=O)CC1CCCNC1. The van der Waals surface area contributed by atoms with Crippen LogP contribution in [0.5, 0.6) is 0 Å². The Bertz CT molecular complexity index is 298. The van der Waals surface area contributed by atoms with Crippen molar-refractivity contribution in [2.24, 2.45) is 5.92 Å². The minimum absolute atomic E-state index is 0.312. The van der Waals surface area contributed by atoms with E-state index in [9.17, 15) is 8.42 Å². The number of hydrogen-bond acceptors (Lipinski definition) is 4. The summed E-state index contributed by atoms with van der Waals surface area (Å²) in [6, 6.07) is 0. The molecule has 1 fully saturated rings. The number of rotatable bonds is 7. The van der Waals surface area contributed by atoms with Crippen LogP contribution in [0.2, 0.25) is 0 Å². The Balaban J connectivity index is 2.23. The monoisotopic (exact) mass is 262 g/mol. The van der Waals surface area contributed by atoms with Crippen LogP contribution in [-0.2, 0) is 9.84 Å². The van der Waals surface area contributed by atoms with Gasteiger partial charge in [0.15, 0.2) is 0 Å². The van der Waals surface area contributed by atoms with Gasteiger partial charge in [-0.3, -0.25) is 0 Å². The van der Waals surface area contributed by atoms with Crippen LogP contribution in [0.4, 0.5) is 0 Å². The average molecular weight is 262 g/mol. The summed E-state index contributed by atoms with van der Waals surface area (Å²) in [6.45, 7) is 7.43. The van der Waals surface area contributed by atoms with Crippen LogP contribution in [0.3, 0.4) is 0 Å². The van der Waals surface area contributed by atoms with Gasteiger partial charge in [0.05, 0.1) is 5.75 Å². The van der Waals surface area contributed by atoms with Crippen LogP contribution < -0.4 is 5.32 Å². The second kappa shape index (κ2) is 7.34. The molecule has 4 nitrogen and oxygen atoms in total. The number of piperidine rings is 1. The standard InChI is InChI=1S/C12H26N2O2S/c1-3-14(8-5-9-17(2,15)16)11-12-6-4-7-13-10-12/h12-13H,3-11H2,1-2H3. The van der Waals surface area contributed by atoms with Gasteiger partial charge < -0.3 is 10.2 Å². The first-order chi connectivity index (χ1) is 8.01. The molecule has 1 saturated heterocycles. The summed E-state index contributed by atoms with van der Waals surface area (Å²) in [4.78, 5) is 2.38. The van der Waals surface area contributed by atoms with Crippen molar-refractivity contribution in [1.82, 2.24) is 10.2 Å². The minimum atomic E-state index is -2.80. The molecule has 1 aliphatic heterocycles. The Hall–Kier alpha value is -0.130. The fourth-order valence-corrected chi connectivity index (χ4v) is 3.03. The van der Waals surface area contributed by atoms with E-state index in [-0.39, 0.29) is 0 Å². The summed E-state index contributed by atoms with van der Waals surface area (Å²) < 4.78 is 22.1. The summed E-state index contributed by atoms with van der Waals surface area (Å²) in [5, 5.41) is 3.42. The van der Waals surface area contributed by atoms with E-state index in [1.54, 1.807) is 0 Å². The van der Waals surface area contributed by atoms with E-state index in [4.69, 9.17) is 0 Å². The Morgan fingerprint density at radius 1 is 1.41 bits per heavy atom. The van der Waals surface area contributed by atoms with Gasteiger partial charge in [-0.25, -0.2) is 8.42 Å².